The Hall–Kier alpha value is -1.27. The average Bonchev–Trinajstić information content (AvgIpc) is 3.54. The molecule has 2 aliphatic heterocycles. The molecule has 0 radical (unpaired) electrons. The van der Waals surface area contributed by atoms with Gasteiger partial charge in [-0.2, -0.15) is 13.2 Å². The van der Waals surface area contributed by atoms with Crippen LogP contribution in [-0.2, 0) is 26.2 Å². The minimum atomic E-state index is -4.70. The van der Waals surface area contributed by atoms with Gasteiger partial charge in [0.25, 0.3) is 5.79 Å². The van der Waals surface area contributed by atoms with E-state index in [1.54, 1.807) is 0 Å². The Bertz CT molecular complexity index is 872. The van der Waals surface area contributed by atoms with E-state index in [0.29, 0.717) is 25.7 Å². The SMILES string of the molecule is NC(CO)(CCc1ccc(OCCCCCCF)c(C(F)(F)F)c1)C(O)(O)C12OP1(=O)O2. The van der Waals surface area contributed by atoms with Crippen molar-refractivity contribution in [2.45, 2.75) is 61.6 Å². The summed E-state index contributed by atoms with van der Waals surface area (Å²) in [5.74, 6) is -3.37. The summed E-state index contributed by atoms with van der Waals surface area (Å²) in [5.41, 5.74) is 0.684. The maximum absolute atomic E-state index is 13.5. The van der Waals surface area contributed by atoms with Gasteiger partial charge in [0, 0.05) is 0 Å². The van der Waals surface area contributed by atoms with E-state index in [1.165, 1.54) is 6.07 Å². The van der Waals surface area contributed by atoms with Gasteiger partial charge in [-0.15, -0.1) is 0 Å². The third-order valence-corrected chi connectivity index (χ3v) is 7.57. The summed E-state index contributed by atoms with van der Waals surface area (Å²) in [4.78, 5) is 0. The summed E-state index contributed by atoms with van der Waals surface area (Å²) in [6.07, 6.45) is -3.11. The minimum Gasteiger partial charge on any atom is -0.493 e. The van der Waals surface area contributed by atoms with Gasteiger partial charge in [-0.05, 0) is 49.8 Å². The van der Waals surface area contributed by atoms with Gasteiger partial charge in [0.05, 0.1) is 31.0 Å². The van der Waals surface area contributed by atoms with Crippen LogP contribution < -0.4 is 10.5 Å². The van der Waals surface area contributed by atoms with E-state index in [9.17, 15) is 37.4 Å². The van der Waals surface area contributed by atoms with Crippen LogP contribution in [0.25, 0.3) is 0 Å². The number of aryl methyl sites for hydroxylation is 1. The topological polar surface area (TPSA) is 138 Å². The second kappa shape index (κ2) is 8.83. The molecule has 2 saturated heterocycles. The molecule has 2 aliphatic rings. The van der Waals surface area contributed by atoms with Crippen LogP contribution in [0.4, 0.5) is 17.6 Å². The third-order valence-electron chi connectivity index (χ3n) is 5.70. The number of unbranched alkanes of at least 4 members (excludes halogenated alkanes) is 3. The molecular formula is C19H26F4NO7P. The molecule has 3 rings (SSSR count). The fourth-order valence-corrected chi connectivity index (χ4v) is 5.31. The van der Waals surface area contributed by atoms with Crippen LogP contribution in [0.2, 0.25) is 0 Å². The zero-order chi connectivity index (χ0) is 23.8. The lowest BCUT2D eigenvalue weighted by Gasteiger charge is -2.38. The molecule has 0 bridgehead atoms. The minimum absolute atomic E-state index is 0.0464. The molecule has 0 aromatic heterocycles. The number of aliphatic hydroxyl groups excluding tert-OH is 1. The normalized spacial score (nSPS) is 26.4. The molecule has 0 saturated carbocycles. The van der Waals surface area contributed by atoms with Crippen LogP contribution in [0, 0.1) is 0 Å². The van der Waals surface area contributed by atoms with Gasteiger partial charge in [-0.1, -0.05) is 12.5 Å². The number of nitrogens with two attached hydrogens (primary N) is 1. The van der Waals surface area contributed by atoms with Gasteiger partial charge in [-0.3, -0.25) is 18.0 Å². The first-order valence-corrected chi connectivity index (χ1v) is 11.7. The van der Waals surface area contributed by atoms with Crippen molar-refractivity contribution in [3.63, 3.8) is 0 Å². The molecule has 182 valence electrons. The van der Waals surface area contributed by atoms with Crippen LogP contribution in [0.1, 0.15) is 43.2 Å². The van der Waals surface area contributed by atoms with Crippen molar-refractivity contribution in [1.29, 1.82) is 0 Å². The van der Waals surface area contributed by atoms with E-state index in [-0.39, 0.29) is 30.8 Å². The quantitative estimate of drug-likeness (QED) is 0.110. The highest BCUT2D eigenvalue weighted by Crippen LogP contribution is 3.00. The van der Waals surface area contributed by atoms with Gasteiger partial charge in [0.2, 0.25) is 0 Å². The Morgan fingerprint density at radius 3 is 2.28 bits per heavy atom. The smallest absolute Gasteiger partial charge is 0.419 e. The molecule has 1 aromatic rings. The van der Waals surface area contributed by atoms with Crippen molar-refractivity contribution in [2.24, 2.45) is 5.73 Å². The number of hydrogen-bond donors (Lipinski definition) is 4. The number of rotatable bonds is 13. The zero-order valence-corrected chi connectivity index (χ0v) is 18.0. The molecule has 1 unspecified atom stereocenters. The number of alkyl halides is 4. The van der Waals surface area contributed by atoms with Gasteiger partial charge in [0.1, 0.15) is 5.75 Å². The molecule has 0 spiro atoms. The second-order valence-corrected chi connectivity index (χ2v) is 9.98. The first-order valence-electron chi connectivity index (χ1n) is 10.1. The Kier molecular flexibility index (Phi) is 6.99. The van der Waals surface area contributed by atoms with Crippen molar-refractivity contribution >= 4 is 7.60 Å². The first-order chi connectivity index (χ1) is 14.9. The summed E-state index contributed by atoms with van der Waals surface area (Å²) in [5, 5.41) is 30.3. The van der Waals surface area contributed by atoms with Crippen molar-refractivity contribution in [3.05, 3.63) is 29.3 Å². The largest absolute Gasteiger partial charge is 0.493 e. The molecule has 32 heavy (non-hydrogen) atoms. The van der Waals surface area contributed by atoms with E-state index in [0.717, 1.165) is 12.1 Å². The Morgan fingerprint density at radius 1 is 1.12 bits per heavy atom. The van der Waals surface area contributed by atoms with Crippen molar-refractivity contribution < 1.29 is 51.2 Å². The number of hydrogen-bond acceptors (Lipinski definition) is 8. The fourth-order valence-electron chi connectivity index (χ4n) is 3.47. The molecule has 0 amide bonds. The molecule has 8 nitrogen and oxygen atoms in total. The predicted octanol–water partition coefficient (Wildman–Crippen LogP) is 2.82. The summed E-state index contributed by atoms with van der Waals surface area (Å²) in [7, 11) is -3.61. The summed E-state index contributed by atoms with van der Waals surface area (Å²) in [6.45, 7) is -1.37. The van der Waals surface area contributed by atoms with Crippen LogP contribution in [-0.4, -0.2) is 52.1 Å². The second-order valence-electron chi connectivity index (χ2n) is 8.03. The lowest BCUT2D eigenvalue weighted by atomic mass is 9.84. The maximum Gasteiger partial charge on any atom is 0.419 e. The number of ether oxygens (including phenoxy) is 1. The number of benzene rings is 1. The molecule has 1 atom stereocenters. The zero-order valence-electron chi connectivity index (χ0n) is 17.1. The van der Waals surface area contributed by atoms with Crippen LogP contribution in [0.15, 0.2) is 18.2 Å². The van der Waals surface area contributed by atoms with Crippen LogP contribution in [0.3, 0.4) is 0 Å². The summed E-state index contributed by atoms with van der Waals surface area (Å²) in [6, 6.07) is 3.38. The molecule has 5 N–H and O–H groups in total. The fraction of sp³-hybridized carbons (Fsp3) is 0.684. The Morgan fingerprint density at radius 2 is 1.75 bits per heavy atom. The standard InChI is InChI=1S/C19H26F4NO7P/c20-9-3-1-2-4-10-29-15-6-5-13(11-14(15)17(21,22)23)7-8-16(24,12-25)18(26,27)19-30-32(19,28)31-19/h5-6,11,25-27H,1-4,7-10,12,24H2. The molecule has 2 fully saturated rings. The first kappa shape index (κ1) is 25.4. The van der Waals surface area contributed by atoms with E-state index in [1.807, 2.05) is 0 Å². The van der Waals surface area contributed by atoms with Crippen molar-refractivity contribution in [3.8, 4) is 5.75 Å². The van der Waals surface area contributed by atoms with E-state index in [2.05, 4.69) is 9.05 Å². The lowest BCUT2D eigenvalue weighted by Crippen LogP contribution is -2.68. The van der Waals surface area contributed by atoms with E-state index < -0.39 is 49.5 Å². The van der Waals surface area contributed by atoms with E-state index >= 15 is 0 Å². The summed E-state index contributed by atoms with van der Waals surface area (Å²) >= 11 is 0. The molecular weight excluding hydrogens is 461 g/mol. The van der Waals surface area contributed by atoms with Crippen LogP contribution >= 0.6 is 7.60 Å². The van der Waals surface area contributed by atoms with Gasteiger partial charge in [-0.25, -0.2) is 0 Å². The van der Waals surface area contributed by atoms with E-state index in [4.69, 9.17) is 10.5 Å². The highest BCUT2D eigenvalue weighted by Gasteiger charge is 3.01. The number of aliphatic hydroxyl groups is 3. The van der Waals surface area contributed by atoms with Gasteiger partial charge in [0.15, 0.2) is 0 Å². The summed E-state index contributed by atoms with van der Waals surface area (Å²) < 4.78 is 78.9. The molecule has 2 heterocycles. The molecule has 0 aliphatic carbocycles. The average molecular weight is 487 g/mol. The predicted molar refractivity (Wildman–Crippen MR) is 103 cm³/mol. The Balaban J connectivity index is 1.67. The lowest BCUT2D eigenvalue weighted by molar-refractivity contribution is -0.290. The van der Waals surface area contributed by atoms with Crippen molar-refractivity contribution in [1.82, 2.24) is 0 Å². The van der Waals surface area contributed by atoms with Gasteiger partial charge >= 0.3 is 19.3 Å². The molecule has 13 heteroatoms. The number of halogens is 4. The van der Waals surface area contributed by atoms with Crippen molar-refractivity contribution in [2.75, 3.05) is 19.9 Å². The maximum atomic E-state index is 13.5. The number of fused-ring (bicyclic) bond motifs is 1. The van der Waals surface area contributed by atoms with Gasteiger partial charge < -0.3 is 25.8 Å². The highest BCUT2D eigenvalue weighted by molar-refractivity contribution is 7.68. The third kappa shape index (κ3) is 4.54. The Labute approximate surface area is 181 Å². The van der Waals surface area contributed by atoms with Crippen LogP contribution in [0.5, 0.6) is 5.75 Å². The highest BCUT2D eigenvalue weighted by atomic mass is 31.2. The molecule has 1 aromatic carbocycles. The monoisotopic (exact) mass is 487 g/mol.